The van der Waals surface area contributed by atoms with Gasteiger partial charge in [-0.15, -0.1) is 0 Å². The second-order valence-corrected chi connectivity index (χ2v) is 4.69. The molecule has 0 atom stereocenters. The van der Waals surface area contributed by atoms with E-state index in [0.717, 1.165) is 18.4 Å². The number of rotatable bonds is 6. The van der Waals surface area contributed by atoms with E-state index >= 15 is 0 Å². The molecule has 0 fully saturated rings. The van der Waals surface area contributed by atoms with E-state index in [1.807, 2.05) is 25.1 Å². The summed E-state index contributed by atoms with van der Waals surface area (Å²) in [5, 5.41) is 0. The monoisotopic (exact) mass is 261 g/mol. The highest BCUT2D eigenvalue weighted by atomic mass is 16.5. The average molecular weight is 261 g/mol. The Bertz CT molecular complexity index is 560. The minimum Gasteiger partial charge on any atom is -0.459 e. The molecule has 2 aromatic rings. The number of benzene rings is 1. The number of fused-ring (bicyclic) bond motifs is 1. The van der Waals surface area contributed by atoms with Crippen LogP contribution in [0.4, 0.5) is 0 Å². The van der Waals surface area contributed by atoms with Gasteiger partial charge in [-0.3, -0.25) is 0 Å². The maximum atomic E-state index is 11.8. The summed E-state index contributed by atoms with van der Waals surface area (Å²) in [6, 6.07) is 5.62. The van der Waals surface area contributed by atoms with Gasteiger partial charge in [0.15, 0.2) is 5.58 Å². The molecule has 4 heteroatoms. The molecule has 0 amide bonds. The van der Waals surface area contributed by atoms with Gasteiger partial charge < -0.3 is 9.15 Å². The van der Waals surface area contributed by atoms with Crippen molar-refractivity contribution in [3.05, 3.63) is 29.7 Å². The minimum atomic E-state index is -0.481. The molecule has 1 aromatic carbocycles. The molecule has 102 valence electrons. The zero-order valence-electron chi connectivity index (χ0n) is 11.4. The van der Waals surface area contributed by atoms with Crippen LogP contribution in [0, 0.1) is 6.92 Å². The second kappa shape index (κ2) is 6.36. The summed E-state index contributed by atoms with van der Waals surface area (Å²) >= 11 is 0. The number of aromatic nitrogens is 1. The van der Waals surface area contributed by atoms with Crippen molar-refractivity contribution in [1.82, 2.24) is 4.98 Å². The summed E-state index contributed by atoms with van der Waals surface area (Å²) in [4.78, 5) is 15.9. The highest BCUT2D eigenvalue weighted by Crippen LogP contribution is 2.17. The lowest BCUT2D eigenvalue weighted by Gasteiger charge is -2.00. The summed E-state index contributed by atoms with van der Waals surface area (Å²) in [5.74, 6) is -0.443. The molecule has 0 unspecified atom stereocenters. The third kappa shape index (κ3) is 3.56. The molecular weight excluding hydrogens is 242 g/mol. The fraction of sp³-hybridized carbons (Fsp3) is 0.467. The molecule has 0 aliphatic heterocycles. The number of carbonyl (C=O) groups is 1. The lowest BCUT2D eigenvalue weighted by atomic mass is 10.2. The first-order chi connectivity index (χ1) is 9.20. The highest BCUT2D eigenvalue weighted by Gasteiger charge is 2.15. The average Bonchev–Trinajstić information content (AvgIpc) is 2.81. The second-order valence-electron chi connectivity index (χ2n) is 4.69. The van der Waals surface area contributed by atoms with Gasteiger partial charge in [0.2, 0.25) is 0 Å². The fourth-order valence-corrected chi connectivity index (χ4v) is 1.88. The van der Waals surface area contributed by atoms with E-state index in [-0.39, 0.29) is 5.89 Å². The molecule has 0 bridgehead atoms. The SMILES string of the molecule is CCCCCCOC(=O)c1nc2cc(C)ccc2o1. The summed E-state index contributed by atoms with van der Waals surface area (Å²) in [5.41, 5.74) is 2.39. The third-order valence-corrected chi connectivity index (χ3v) is 2.95. The van der Waals surface area contributed by atoms with Crippen molar-refractivity contribution in [2.45, 2.75) is 39.5 Å². The van der Waals surface area contributed by atoms with Crippen LogP contribution >= 0.6 is 0 Å². The van der Waals surface area contributed by atoms with Crippen molar-refractivity contribution < 1.29 is 13.9 Å². The predicted molar refractivity (Wildman–Crippen MR) is 73.2 cm³/mol. The first-order valence-electron chi connectivity index (χ1n) is 6.75. The Kier molecular flexibility index (Phi) is 4.55. The van der Waals surface area contributed by atoms with Gasteiger partial charge in [0.1, 0.15) is 5.52 Å². The first-order valence-corrected chi connectivity index (χ1v) is 6.75. The smallest absolute Gasteiger partial charge is 0.394 e. The van der Waals surface area contributed by atoms with E-state index in [1.54, 1.807) is 0 Å². The summed E-state index contributed by atoms with van der Waals surface area (Å²) in [6.45, 7) is 4.54. The van der Waals surface area contributed by atoms with Gasteiger partial charge in [0.05, 0.1) is 6.61 Å². The predicted octanol–water partition coefficient (Wildman–Crippen LogP) is 3.87. The molecule has 0 saturated carbocycles. The van der Waals surface area contributed by atoms with Crippen LogP contribution in [0.25, 0.3) is 11.1 Å². The molecule has 0 N–H and O–H groups in total. The van der Waals surface area contributed by atoms with Gasteiger partial charge in [-0.2, -0.15) is 0 Å². The van der Waals surface area contributed by atoms with Crippen LogP contribution in [0.3, 0.4) is 0 Å². The molecule has 1 heterocycles. The molecule has 4 nitrogen and oxygen atoms in total. The Morgan fingerprint density at radius 1 is 1.32 bits per heavy atom. The number of aryl methyl sites for hydroxylation is 1. The zero-order valence-corrected chi connectivity index (χ0v) is 11.4. The molecule has 19 heavy (non-hydrogen) atoms. The molecular formula is C15H19NO3. The van der Waals surface area contributed by atoms with Crippen LogP contribution in [-0.4, -0.2) is 17.6 Å². The van der Waals surface area contributed by atoms with Crippen LogP contribution in [0.1, 0.15) is 48.9 Å². The van der Waals surface area contributed by atoms with Crippen molar-refractivity contribution in [1.29, 1.82) is 0 Å². The number of hydrogen-bond donors (Lipinski definition) is 0. The van der Waals surface area contributed by atoms with Crippen LogP contribution < -0.4 is 0 Å². The van der Waals surface area contributed by atoms with Crippen molar-refractivity contribution in [3.63, 3.8) is 0 Å². The summed E-state index contributed by atoms with van der Waals surface area (Å²) in [7, 11) is 0. The Balaban J connectivity index is 1.94. The van der Waals surface area contributed by atoms with E-state index in [0.29, 0.717) is 17.7 Å². The largest absolute Gasteiger partial charge is 0.459 e. The Hall–Kier alpha value is -1.84. The maximum Gasteiger partial charge on any atom is 0.394 e. The zero-order chi connectivity index (χ0) is 13.7. The third-order valence-electron chi connectivity index (χ3n) is 2.95. The van der Waals surface area contributed by atoms with Gasteiger partial charge in [0, 0.05) is 0 Å². The topological polar surface area (TPSA) is 52.3 Å². The standard InChI is InChI=1S/C15H19NO3/c1-3-4-5-6-9-18-15(17)14-16-12-10-11(2)7-8-13(12)19-14/h7-8,10H,3-6,9H2,1-2H3. The van der Waals surface area contributed by atoms with Gasteiger partial charge in [-0.05, 0) is 31.0 Å². The molecule has 0 aliphatic carbocycles. The van der Waals surface area contributed by atoms with Crippen LogP contribution in [-0.2, 0) is 4.74 Å². The number of nitrogens with zero attached hydrogens (tertiary/aromatic N) is 1. The van der Waals surface area contributed by atoms with Crippen molar-refractivity contribution in [2.75, 3.05) is 6.61 Å². The van der Waals surface area contributed by atoms with Crippen LogP contribution in [0.15, 0.2) is 22.6 Å². The van der Waals surface area contributed by atoms with Crippen LogP contribution in [0.5, 0.6) is 0 Å². The fourth-order valence-electron chi connectivity index (χ4n) is 1.88. The Labute approximate surface area is 112 Å². The van der Waals surface area contributed by atoms with Crippen LogP contribution in [0.2, 0.25) is 0 Å². The lowest BCUT2D eigenvalue weighted by molar-refractivity contribution is 0.0455. The van der Waals surface area contributed by atoms with E-state index in [2.05, 4.69) is 11.9 Å². The van der Waals surface area contributed by atoms with Gasteiger partial charge in [-0.1, -0.05) is 32.3 Å². The molecule has 0 spiro atoms. The maximum absolute atomic E-state index is 11.8. The number of oxazole rings is 1. The van der Waals surface area contributed by atoms with E-state index in [4.69, 9.17) is 9.15 Å². The molecule has 2 rings (SSSR count). The molecule has 0 aliphatic rings. The molecule has 0 radical (unpaired) electrons. The number of ether oxygens (including phenoxy) is 1. The Morgan fingerprint density at radius 2 is 2.16 bits per heavy atom. The number of unbranched alkanes of at least 4 members (excludes halogenated alkanes) is 3. The first kappa shape index (κ1) is 13.6. The van der Waals surface area contributed by atoms with Crippen molar-refractivity contribution in [3.8, 4) is 0 Å². The number of carbonyl (C=O) groups excluding carboxylic acids is 1. The van der Waals surface area contributed by atoms with Gasteiger partial charge in [0.25, 0.3) is 0 Å². The Morgan fingerprint density at radius 3 is 2.95 bits per heavy atom. The number of hydrogen-bond acceptors (Lipinski definition) is 4. The van der Waals surface area contributed by atoms with Crippen molar-refractivity contribution in [2.24, 2.45) is 0 Å². The van der Waals surface area contributed by atoms with E-state index in [1.165, 1.54) is 12.8 Å². The normalized spacial score (nSPS) is 10.8. The summed E-state index contributed by atoms with van der Waals surface area (Å²) < 4.78 is 10.5. The van der Waals surface area contributed by atoms with Gasteiger partial charge >= 0.3 is 11.9 Å². The minimum absolute atomic E-state index is 0.0380. The number of esters is 1. The summed E-state index contributed by atoms with van der Waals surface area (Å²) in [6.07, 6.45) is 4.30. The van der Waals surface area contributed by atoms with E-state index in [9.17, 15) is 4.79 Å². The highest BCUT2D eigenvalue weighted by molar-refractivity contribution is 5.88. The lowest BCUT2D eigenvalue weighted by Crippen LogP contribution is -2.06. The molecule has 0 saturated heterocycles. The van der Waals surface area contributed by atoms with Crippen molar-refractivity contribution >= 4 is 17.1 Å². The van der Waals surface area contributed by atoms with E-state index < -0.39 is 5.97 Å². The molecule has 1 aromatic heterocycles. The van der Waals surface area contributed by atoms with Gasteiger partial charge in [-0.25, -0.2) is 9.78 Å². The quantitative estimate of drug-likeness (QED) is 0.585.